The molecule has 1 amide bonds. The minimum absolute atomic E-state index is 0.331. The van der Waals surface area contributed by atoms with Crippen LogP contribution in [0.4, 0.5) is 5.69 Å². The van der Waals surface area contributed by atoms with E-state index < -0.39 is 16.1 Å². The van der Waals surface area contributed by atoms with Crippen LogP contribution in [0.5, 0.6) is 11.5 Å². The number of nitrogens with one attached hydrogen (secondary N) is 1. The van der Waals surface area contributed by atoms with Gasteiger partial charge >= 0.3 is 0 Å². The number of nitrogens with zero attached hydrogens (tertiary/aromatic N) is 1. The molecular weight excluding hydrogens is 404 g/mol. The van der Waals surface area contributed by atoms with Gasteiger partial charge in [0.2, 0.25) is 15.9 Å². The van der Waals surface area contributed by atoms with Crippen molar-refractivity contribution in [3.8, 4) is 11.5 Å². The molecule has 0 unspecified atom stereocenters. The van der Waals surface area contributed by atoms with Gasteiger partial charge in [-0.25, -0.2) is 8.42 Å². The molecule has 1 atom stereocenters. The van der Waals surface area contributed by atoms with Crippen LogP contribution in [0.25, 0.3) is 0 Å². The van der Waals surface area contributed by atoms with Gasteiger partial charge in [0.15, 0.2) is 11.5 Å². The minimum Gasteiger partial charge on any atom is -0.493 e. The van der Waals surface area contributed by atoms with Crippen molar-refractivity contribution in [2.45, 2.75) is 32.7 Å². The molecule has 2 aromatic rings. The monoisotopic (exact) mass is 434 g/mol. The number of hydrogen-bond acceptors (Lipinski definition) is 5. The highest BCUT2D eigenvalue weighted by molar-refractivity contribution is 7.92. The number of amides is 1. The fraction of sp³-hybridized carbons (Fsp3) is 0.409. The molecule has 0 fully saturated rings. The zero-order valence-corrected chi connectivity index (χ0v) is 19.0. The number of sulfonamides is 1. The molecule has 2 aromatic carbocycles. The first-order chi connectivity index (χ1) is 14.2. The Kier molecular flexibility index (Phi) is 8.11. The van der Waals surface area contributed by atoms with Gasteiger partial charge in [0, 0.05) is 12.6 Å². The van der Waals surface area contributed by atoms with Crippen LogP contribution in [0.1, 0.15) is 24.5 Å². The molecule has 0 saturated heterocycles. The molecule has 0 bridgehead atoms. The van der Waals surface area contributed by atoms with E-state index in [0.717, 1.165) is 23.4 Å². The number of benzene rings is 2. The van der Waals surface area contributed by atoms with Crippen LogP contribution in [0.15, 0.2) is 42.5 Å². The summed E-state index contributed by atoms with van der Waals surface area (Å²) in [7, 11) is -0.741. The smallest absolute Gasteiger partial charge is 0.243 e. The Bertz CT molecular complexity index is 958. The van der Waals surface area contributed by atoms with Crippen molar-refractivity contribution >= 4 is 21.6 Å². The van der Waals surface area contributed by atoms with Crippen molar-refractivity contribution in [1.82, 2.24) is 5.32 Å². The van der Waals surface area contributed by atoms with E-state index in [2.05, 4.69) is 29.6 Å². The first-order valence-corrected chi connectivity index (χ1v) is 11.6. The Labute approximate surface area is 179 Å². The summed E-state index contributed by atoms with van der Waals surface area (Å²) >= 11 is 0. The summed E-state index contributed by atoms with van der Waals surface area (Å²) in [6, 6.07) is 12.1. The molecule has 164 valence electrons. The molecule has 0 aromatic heterocycles. The molecule has 1 N–H and O–H groups in total. The Hall–Kier alpha value is -2.74. The summed E-state index contributed by atoms with van der Waals surface area (Å²) in [5.74, 6) is 0.497. The average molecular weight is 435 g/mol. The van der Waals surface area contributed by atoms with Crippen LogP contribution in [-0.4, -0.2) is 47.4 Å². The topological polar surface area (TPSA) is 84.9 Å². The van der Waals surface area contributed by atoms with Gasteiger partial charge in [0.05, 0.1) is 26.2 Å². The summed E-state index contributed by atoms with van der Waals surface area (Å²) in [5.41, 5.74) is 2.74. The molecule has 0 aliphatic heterocycles. The van der Waals surface area contributed by atoms with Crippen LogP contribution in [0.3, 0.4) is 0 Å². The van der Waals surface area contributed by atoms with Crippen LogP contribution in [-0.2, 0) is 21.2 Å². The van der Waals surface area contributed by atoms with Gasteiger partial charge < -0.3 is 14.8 Å². The van der Waals surface area contributed by atoms with E-state index >= 15 is 0 Å². The fourth-order valence-corrected chi connectivity index (χ4v) is 4.34. The predicted molar refractivity (Wildman–Crippen MR) is 119 cm³/mol. The molecule has 0 aliphatic rings. The highest BCUT2D eigenvalue weighted by Gasteiger charge is 2.29. The van der Waals surface area contributed by atoms with E-state index in [9.17, 15) is 13.2 Å². The molecule has 0 aliphatic carbocycles. The largest absolute Gasteiger partial charge is 0.493 e. The van der Waals surface area contributed by atoms with E-state index in [0.29, 0.717) is 23.7 Å². The number of rotatable bonds is 10. The van der Waals surface area contributed by atoms with E-state index in [1.165, 1.54) is 25.3 Å². The molecule has 7 nitrogen and oxygen atoms in total. The Morgan fingerprint density at radius 1 is 1.07 bits per heavy atom. The van der Waals surface area contributed by atoms with Gasteiger partial charge in [-0.2, -0.15) is 0 Å². The van der Waals surface area contributed by atoms with Crippen molar-refractivity contribution in [3.63, 3.8) is 0 Å². The summed E-state index contributed by atoms with van der Waals surface area (Å²) in [4.78, 5) is 12.7. The molecular formula is C22H30N2O5S. The number of ether oxygens (including phenoxy) is 2. The molecule has 30 heavy (non-hydrogen) atoms. The first-order valence-electron chi connectivity index (χ1n) is 9.72. The lowest BCUT2D eigenvalue weighted by molar-refractivity contribution is -0.121. The number of hydrogen-bond donors (Lipinski definition) is 1. The second kappa shape index (κ2) is 10.3. The Morgan fingerprint density at radius 2 is 1.70 bits per heavy atom. The molecule has 0 spiro atoms. The maximum absolute atomic E-state index is 12.7. The van der Waals surface area contributed by atoms with Crippen LogP contribution in [0.2, 0.25) is 0 Å². The first kappa shape index (κ1) is 23.5. The van der Waals surface area contributed by atoms with Crippen molar-refractivity contribution in [2.75, 3.05) is 31.3 Å². The third-order valence-electron chi connectivity index (χ3n) is 4.77. The van der Waals surface area contributed by atoms with Gasteiger partial charge in [-0.3, -0.25) is 9.10 Å². The molecule has 0 radical (unpaired) electrons. The number of carbonyl (C=O) groups is 1. The lowest BCUT2D eigenvalue weighted by atomic mass is 10.1. The molecule has 0 saturated carbocycles. The lowest BCUT2D eigenvalue weighted by Gasteiger charge is -2.28. The highest BCUT2D eigenvalue weighted by atomic mass is 32.2. The molecule has 2 rings (SSSR count). The zero-order valence-electron chi connectivity index (χ0n) is 18.1. The predicted octanol–water partition coefficient (Wildman–Crippen LogP) is 2.92. The maximum Gasteiger partial charge on any atom is 0.243 e. The summed E-state index contributed by atoms with van der Waals surface area (Å²) in [6.07, 6.45) is 2.67. The zero-order chi connectivity index (χ0) is 22.3. The number of aryl methyl sites for hydroxylation is 2. The summed E-state index contributed by atoms with van der Waals surface area (Å²) < 4.78 is 36.4. The second-order valence-electron chi connectivity index (χ2n) is 7.15. The third-order valence-corrected chi connectivity index (χ3v) is 6.01. The van der Waals surface area contributed by atoms with Crippen molar-refractivity contribution in [3.05, 3.63) is 53.6 Å². The van der Waals surface area contributed by atoms with E-state index in [1.54, 1.807) is 25.1 Å². The quantitative estimate of drug-likeness (QED) is 0.581. The maximum atomic E-state index is 12.7. The molecule has 0 heterocycles. The summed E-state index contributed by atoms with van der Waals surface area (Å²) in [5, 5.41) is 2.84. The van der Waals surface area contributed by atoms with Crippen LogP contribution < -0.4 is 19.1 Å². The normalized spacial score (nSPS) is 12.2. The van der Waals surface area contributed by atoms with E-state index in [1.807, 2.05) is 6.92 Å². The minimum atomic E-state index is -3.71. The number of methoxy groups -OCH3 is 2. The number of carbonyl (C=O) groups excluding carboxylic acids is 1. The number of anilines is 1. The summed E-state index contributed by atoms with van der Waals surface area (Å²) in [6.45, 7) is 4.06. The van der Waals surface area contributed by atoms with Crippen LogP contribution in [0, 0.1) is 6.92 Å². The lowest BCUT2D eigenvalue weighted by Crippen LogP contribution is -2.48. The van der Waals surface area contributed by atoms with Gasteiger partial charge in [-0.15, -0.1) is 0 Å². The second-order valence-corrected chi connectivity index (χ2v) is 9.01. The Balaban J connectivity index is 2.06. The van der Waals surface area contributed by atoms with E-state index in [4.69, 9.17) is 9.47 Å². The highest BCUT2D eigenvalue weighted by Crippen LogP contribution is 2.33. The standard InChI is InChI=1S/C22H30N2O5S/c1-16-8-10-18(11-9-16)7-6-14-23-22(25)17(2)24(30(5,26)27)19-12-13-20(28-3)21(15-19)29-4/h8-13,15,17H,6-7,14H2,1-5H3,(H,23,25)/t17-/m1/s1. The van der Waals surface area contributed by atoms with Gasteiger partial charge in [-0.05, 0) is 44.4 Å². The van der Waals surface area contributed by atoms with Crippen molar-refractivity contribution in [2.24, 2.45) is 0 Å². The van der Waals surface area contributed by atoms with Crippen molar-refractivity contribution < 1.29 is 22.7 Å². The van der Waals surface area contributed by atoms with Gasteiger partial charge in [-0.1, -0.05) is 29.8 Å². The average Bonchev–Trinajstić information content (AvgIpc) is 2.71. The third kappa shape index (κ3) is 6.13. The van der Waals surface area contributed by atoms with Crippen molar-refractivity contribution in [1.29, 1.82) is 0 Å². The van der Waals surface area contributed by atoms with Gasteiger partial charge in [0.1, 0.15) is 6.04 Å². The molecule has 8 heteroatoms. The SMILES string of the molecule is COc1ccc(N([C@H](C)C(=O)NCCCc2ccc(C)cc2)S(C)(=O)=O)cc1OC. The van der Waals surface area contributed by atoms with E-state index in [-0.39, 0.29) is 5.91 Å². The Morgan fingerprint density at radius 3 is 2.27 bits per heavy atom. The van der Waals surface area contributed by atoms with Crippen LogP contribution >= 0.6 is 0 Å². The fourth-order valence-electron chi connectivity index (χ4n) is 3.18. The van der Waals surface area contributed by atoms with Gasteiger partial charge in [0.25, 0.3) is 0 Å².